The molecular weight excluding hydrogens is 264 g/mol. The minimum absolute atomic E-state index is 0.0187. The Labute approximate surface area is 114 Å². The highest BCUT2D eigenvalue weighted by atomic mass is 32.2. The van der Waals surface area contributed by atoms with Gasteiger partial charge in [0.1, 0.15) is 0 Å². The van der Waals surface area contributed by atoms with Crippen molar-refractivity contribution in [1.29, 1.82) is 0 Å². The van der Waals surface area contributed by atoms with Gasteiger partial charge < -0.3 is 5.73 Å². The van der Waals surface area contributed by atoms with Gasteiger partial charge in [-0.2, -0.15) is 13.1 Å². The number of benzene rings is 1. The first-order valence-corrected chi connectivity index (χ1v) is 7.97. The van der Waals surface area contributed by atoms with Gasteiger partial charge in [0.15, 0.2) is 0 Å². The number of anilines is 1. The van der Waals surface area contributed by atoms with Crippen LogP contribution in [0.15, 0.2) is 24.3 Å². The molecule has 0 atom stereocenters. The van der Waals surface area contributed by atoms with Crippen LogP contribution in [0.3, 0.4) is 0 Å². The SMILES string of the molecule is Nc1ccc(COS(=O)(=O)NC2CCCCC2)cc1. The highest BCUT2D eigenvalue weighted by Gasteiger charge is 2.20. The Bertz CT molecular complexity index is 493. The topological polar surface area (TPSA) is 81.4 Å². The summed E-state index contributed by atoms with van der Waals surface area (Å²) in [4.78, 5) is 0. The second-order valence-electron chi connectivity index (χ2n) is 4.91. The van der Waals surface area contributed by atoms with E-state index in [1.807, 2.05) is 0 Å². The number of rotatable bonds is 5. The van der Waals surface area contributed by atoms with Gasteiger partial charge in [0.25, 0.3) is 0 Å². The molecule has 1 aromatic carbocycles. The summed E-state index contributed by atoms with van der Waals surface area (Å²) in [6.45, 7) is 0.0301. The monoisotopic (exact) mass is 284 g/mol. The minimum atomic E-state index is -3.67. The van der Waals surface area contributed by atoms with Gasteiger partial charge in [-0.05, 0) is 30.5 Å². The van der Waals surface area contributed by atoms with Crippen LogP contribution in [0.4, 0.5) is 5.69 Å². The molecule has 1 fully saturated rings. The summed E-state index contributed by atoms with van der Waals surface area (Å²) in [6.07, 6.45) is 5.12. The Hall–Kier alpha value is -1.11. The molecule has 1 aromatic rings. The van der Waals surface area contributed by atoms with E-state index in [9.17, 15) is 8.42 Å². The highest BCUT2D eigenvalue weighted by Crippen LogP contribution is 2.18. The molecule has 2 rings (SSSR count). The van der Waals surface area contributed by atoms with Crippen LogP contribution in [0.5, 0.6) is 0 Å². The molecule has 3 N–H and O–H groups in total. The summed E-state index contributed by atoms with van der Waals surface area (Å²) in [7, 11) is -3.67. The van der Waals surface area contributed by atoms with E-state index < -0.39 is 10.3 Å². The lowest BCUT2D eigenvalue weighted by Gasteiger charge is -2.22. The van der Waals surface area contributed by atoms with Crippen molar-refractivity contribution >= 4 is 16.0 Å². The van der Waals surface area contributed by atoms with Crippen LogP contribution in [0.1, 0.15) is 37.7 Å². The van der Waals surface area contributed by atoms with E-state index in [0.29, 0.717) is 5.69 Å². The summed E-state index contributed by atoms with van der Waals surface area (Å²) in [5.41, 5.74) is 6.99. The fourth-order valence-electron chi connectivity index (χ4n) is 2.22. The zero-order valence-corrected chi connectivity index (χ0v) is 11.7. The molecule has 0 aromatic heterocycles. The molecule has 0 unspecified atom stereocenters. The van der Waals surface area contributed by atoms with Gasteiger partial charge in [-0.25, -0.2) is 0 Å². The maximum atomic E-state index is 11.8. The van der Waals surface area contributed by atoms with E-state index >= 15 is 0 Å². The van der Waals surface area contributed by atoms with Gasteiger partial charge in [0, 0.05) is 11.7 Å². The zero-order chi connectivity index (χ0) is 13.7. The van der Waals surface area contributed by atoms with E-state index in [0.717, 1.165) is 31.2 Å². The van der Waals surface area contributed by atoms with E-state index in [-0.39, 0.29) is 12.6 Å². The van der Waals surface area contributed by atoms with Crippen LogP contribution in [0.25, 0.3) is 0 Å². The average Bonchev–Trinajstić information content (AvgIpc) is 2.39. The van der Waals surface area contributed by atoms with Crippen LogP contribution < -0.4 is 10.5 Å². The highest BCUT2D eigenvalue weighted by molar-refractivity contribution is 7.84. The first kappa shape index (κ1) is 14.3. The van der Waals surface area contributed by atoms with E-state index in [4.69, 9.17) is 9.92 Å². The number of nitrogen functional groups attached to an aromatic ring is 1. The molecule has 0 amide bonds. The summed E-state index contributed by atoms with van der Waals surface area (Å²) < 4.78 is 31.1. The van der Waals surface area contributed by atoms with Crippen LogP contribution >= 0.6 is 0 Å². The standard InChI is InChI=1S/C13H20N2O3S/c14-12-8-6-11(7-9-12)10-18-19(16,17)15-13-4-2-1-3-5-13/h6-9,13,15H,1-5,10,14H2. The third kappa shape index (κ3) is 4.81. The lowest BCUT2D eigenvalue weighted by atomic mass is 9.96. The number of hydrogen-bond acceptors (Lipinski definition) is 4. The fourth-order valence-corrected chi connectivity index (χ4v) is 3.22. The molecule has 0 aliphatic heterocycles. The Morgan fingerprint density at radius 1 is 1.16 bits per heavy atom. The van der Waals surface area contributed by atoms with Crippen molar-refractivity contribution in [3.63, 3.8) is 0 Å². The van der Waals surface area contributed by atoms with Gasteiger partial charge in [0.2, 0.25) is 0 Å². The van der Waals surface area contributed by atoms with Crippen molar-refractivity contribution < 1.29 is 12.6 Å². The second-order valence-corrected chi connectivity index (χ2v) is 6.29. The van der Waals surface area contributed by atoms with Crippen LogP contribution in [0.2, 0.25) is 0 Å². The van der Waals surface area contributed by atoms with Gasteiger partial charge in [-0.3, -0.25) is 4.18 Å². The van der Waals surface area contributed by atoms with Gasteiger partial charge >= 0.3 is 10.3 Å². The van der Waals surface area contributed by atoms with Crippen molar-refractivity contribution in [1.82, 2.24) is 4.72 Å². The van der Waals surface area contributed by atoms with Crippen molar-refractivity contribution in [2.24, 2.45) is 0 Å². The lowest BCUT2D eigenvalue weighted by molar-refractivity contribution is 0.290. The molecule has 106 valence electrons. The maximum absolute atomic E-state index is 11.8. The normalized spacial score (nSPS) is 17.5. The summed E-state index contributed by atoms with van der Waals surface area (Å²) in [5, 5.41) is 0. The van der Waals surface area contributed by atoms with E-state index in [2.05, 4.69) is 4.72 Å². The largest absolute Gasteiger partial charge is 0.399 e. The molecule has 19 heavy (non-hydrogen) atoms. The molecule has 1 aliphatic rings. The summed E-state index contributed by atoms with van der Waals surface area (Å²) >= 11 is 0. The average molecular weight is 284 g/mol. The molecule has 6 heteroatoms. The number of nitrogens with two attached hydrogens (primary N) is 1. The zero-order valence-electron chi connectivity index (χ0n) is 10.8. The van der Waals surface area contributed by atoms with E-state index in [1.54, 1.807) is 24.3 Å². The Morgan fingerprint density at radius 2 is 1.79 bits per heavy atom. The molecule has 0 heterocycles. The lowest BCUT2D eigenvalue weighted by Crippen LogP contribution is -2.37. The van der Waals surface area contributed by atoms with E-state index in [1.165, 1.54) is 6.42 Å². The number of nitrogens with one attached hydrogen (secondary N) is 1. The van der Waals surface area contributed by atoms with Crippen molar-refractivity contribution in [2.45, 2.75) is 44.8 Å². The molecule has 0 bridgehead atoms. The Kier molecular flexibility index (Phi) is 4.79. The summed E-state index contributed by atoms with van der Waals surface area (Å²) in [6, 6.07) is 6.97. The minimum Gasteiger partial charge on any atom is -0.399 e. The third-order valence-electron chi connectivity index (χ3n) is 3.28. The summed E-state index contributed by atoms with van der Waals surface area (Å²) in [5.74, 6) is 0. The first-order valence-electron chi connectivity index (χ1n) is 6.56. The number of hydrogen-bond donors (Lipinski definition) is 2. The van der Waals surface area contributed by atoms with Gasteiger partial charge in [0.05, 0.1) is 6.61 Å². The Morgan fingerprint density at radius 3 is 2.42 bits per heavy atom. The Balaban J connectivity index is 1.84. The smallest absolute Gasteiger partial charge is 0.336 e. The van der Waals surface area contributed by atoms with Crippen molar-refractivity contribution in [3.8, 4) is 0 Å². The van der Waals surface area contributed by atoms with Crippen molar-refractivity contribution in [3.05, 3.63) is 29.8 Å². The van der Waals surface area contributed by atoms with Gasteiger partial charge in [-0.1, -0.05) is 31.4 Å². The first-order chi connectivity index (χ1) is 9.05. The second kappa shape index (κ2) is 6.36. The van der Waals surface area contributed by atoms with Gasteiger partial charge in [-0.15, -0.1) is 0 Å². The fraction of sp³-hybridized carbons (Fsp3) is 0.538. The molecule has 0 spiro atoms. The molecule has 1 saturated carbocycles. The maximum Gasteiger partial charge on any atom is 0.336 e. The molecule has 0 radical (unpaired) electrons. The van der Waals surface area contributed by atoms with Crippen LogP contribution in [0, 0.1) is 0 Å². The quantitative estimate of drug-likeness (QED) is 0.810. The predicted molar refractivity (Wildman–Crippen MR) is 74.6 cm³/mol. The molecular formula is C13H20N2O3S. The predicted octanol–water partition coefficient (Wildman–Crippen LogP) is 1.95. The molecule has 0 saturated heterocycles. The third-order valence-corrected chi connectivity index (χ3v) is 4.33. The molecule has 5 nitrogen and oxygen atoms in total. The van der Waals surface area contributed by atoms with Crippen LogP contribution in [-0.4, -0.2) is 14.5 Å². The van der Waals surface area contributed by atoms with Crippen LogP contribution in [-0.2, 0) is 21.1 Å². The van der Waals surface area contributed by atoms with Crippen molar-refractivity contribution in [2.75, 3.05) is 5.73 Å². The molecule has 1 aliphatic carbocycles.